The summed E-state index contributed by atoms with van der Waals surface area (Å²) >= 11 is 0. The Morgan fingerprint density at radius 1 is 1.60 bits per heavy atom. The first-order valence-electron chi connectivity index (χ1n) is 3.36. The summed E-state index contributed by atoms with van der Waals surface area (Å²) in [5, 5.41) is 17.9. The van der Waals surface area contributed by atoms with Gasteiger partial charge in [0.05, 0.1) is 19.0 Å². The van der Waals surface area contributed by atoms with Crippen LogP contribution in [0.1, 0.15) is 6.92 Å². The predicted octanol–water partition coefficient (Wildman–Crippen LogP) is -0.112. The van der Waals surface area contributed by atoms with Crippen molar-refractivity contribution in [3.63, 3.8) is 0 Å². The lowest BCUT2D eigenvalue weighted by atomic mass is 9.97. The Bertz CT molecular complexity index is 133. The summed E-state index contributed by atoms with van der Waals surface area (Å²) in [4.78, 5) is 0. The molecule has 58 valence electrons. The van der Waals surface area contributed by atoms with Gasteiger partial charge in [0.15, 0.2) is 0 Å². The van der Waals surface area contributed by atoms with Crippen molar-refractivity contribution < 1.29 is 14.9 Å². The van der Waals surface area contributed by atoms with Crippen LogP contribution < -0.4 is 0 Å². The summed E-state index contributed by atoms with van der Waals surface area (Å²) in [6.45, 7) is 1.80. The lowest BCUT2D eigenvalue weighted by Crippen LogP contribution is -2.35. The fourth-order valence-electron chi connectivity index (χ4n) is 0.955. The summed E-state index contributed by atoms with van der Waals surface area (Å²) in [5.41, 5.74) is 0. The van der Waals surface area contributed by atoms with Gasteiger partial charge < -0.3 is 14.9 Å². The molecule has 0 bridgehead atoms. The molecule has 3 heteroatoms. The predicted molar refractivity (Wildman–Crippen MR) is 36.3 cm³/mol. The van der Waals surface area contributed by atoms with E-state index < -0.39 is 6.10 Å². The van der Waals surface area contributed by atoms with Crippen molar-refractivity contribution in [2.75, 3.05) is 6.61 Å². The molecular formula is C7H12O3. The van der Waals surface area contributed by atoms with Gasteiger partial charge in [0.2, 0.25) is 0 Å². The number of hydrogen-bond acceptors (Lipinski definition) is 3. The van der Waals surface area contributed by atoms with Crippen LogP contribution >= 0.6 is 0 Å². The van der Waals surface area contributed by atoms with Gasteiger partial charge in [-0.2, -0.15) is 0 Å². The van der Waals surface area contributed by atoms with Crippen LogP contribution in [-0.2, 0) is 4.74 Å². The van der Waals surface area contributed by atoms with Crippen molar-refractivity contribution in [1.82, 2.24) is 0 Å². The van der Waals surface area contributed by atoms with E-state index in [1.165, 1.54) is 6.26 Å². The number of aliphatic hydroxyl groups excluding tert-OH is 2. The zero-order valence-corrected chi connectivity index (χ0v) is 5.90. The molecule has 1 aliphatic rings. The second-order valence-electron chi connectivity index (χ2n) is 2.54. The van der Waals surface area contributed by atoms with Crippen molar-refractivity contribution in [3.05, 3.63) is 12.3 Å². The van der Waals surface area contributed by atoms with Crippen LogP contribution in [0.5, 0.6) is 0 Å². The minimum absolute atomic E-state index is 0.0185. The lowest BCUT2D eigenvalue weighted by Gasteiger charge is -2.27. The molecule has 0 aromatic heterocycles. The SMILES string of the molecule is C[C@@H]1[C@H](O)C=CO[C@@H]1CO. The van der Waals surface area contributed by atoms with Crippen LogP contribution in [0.4, 0.5) is 0 Å². The zero-order valence-electron chi connectivity index (χ0n) is 5.90. The molecule has 0 saturated carbocycles. The van der Waals surface area contributed by atoms with Crippen molar-refractivity contribution in [2.45, 2.75) is 19.1 Å². The van der Waals surface area contributed by atoms with Gasteiger partial charge in [-0.05, 0) is 6.08 Å². The number of rotatable bonds is 1. The molecule has 1 rings (SSSR count). The molecular weight excluding hydrogens is 132 g/mol. The van der Waals surface area contributed by atoms with Gasteiger partial charge in [0.25, 0.3) is 0 Å². The molecule has 0 spiro atoms. The molecule has 3 atom stereocenters. The van der Waals surface area contributed by atoms with E-state index in [9.17, 15) is 5.11 Å². The first kappa shape index (κ1) is 7.57. The monoisotopic (exact) mass is 144 g/mol. The van der Waals surface area contributed by atoms with Crippen LogP contribution in [0.25, 0.3) is 0 Å². The van der Waals surface area contributed by atoms with E-state index in [1.807, 2.05) is 6.92 Å². The molecule has 0 aromatic carbocycles. The highest BCUT2D eigenvalue weighted by molar-refractivity contribution is 4.94. The topological polar surface area (TPSA) is 49.7 Å². The fourth-order valence-corrected chi connectivity index (χ4v) is 0.955. The van der Waals surface area contributed by atoms with Crippen LogP contribution in [0.15, 0.2) is 12.3 Å². The van der Waals surface area contributed by atoms with Gasteiger partial charge in [0.1, 0.15) is 6.10 Å². The van der Waals surface area contributed by atoms with Crippen molar-refractivity contribution in [3.8, 4) is 0 Å². The third-order valence-electron chi connectivity index (χ3n) is 1.83. The van der Waals surface area contributed by atoms with E-state index in [1.54, 1.807) is 6.08 Å². The lowest BCUT2D eigenvalue weighted by molar-refractivity contribution is -0.0190. The van der Waals surface area contributed by atoms with Crippen LogP contribution in [0, 0.1) is 5.92 Å². The van der Waals surface area contributed by atoms with Gasteiger partial charge in [-0.25, -0.2) is 0 Å². The number of aliphatic hydroxyl groups is 2. The Morgan fingerprint density at radius 2 is 2.30 bits per heavy atom. The van der Waals surface area contributed by atoms with Gasteiger partial charge in [-0.15, -0.1) is 0 Å². The Hall–Kier alpha value is -0.540. The van der Waals surface area contributed by atoms with Crippen molar-refractivity contribution >= 4 is 0 Å². The third kappa shape index (κ3) is 1.30. The number of hydrogen-bond donors (Lipinski definition) is 2. The second kappa shape index (κ2) is 3.03. The van der Waals surface area contributed by atoms with Crippen molar-refractivity contribution in [2.24, 2.45) is 5.92 Å². The fraction of sp³-hybridized carbons (Fsp3) is 0.714. The van der Waals surface area contributed by atoms with Crippen LogP contribution in [-0.4, -0.2) is 29.0 Å². The minimum atomic E-state index is -0.481. The molecule has 3 nitrogen and oxygen atoms in total. The minimum Gasteiger partial charge on any atom is -0.495 e. The zero-order chi connectivity index (χ0) is 7.56. The molecule has 0 aromatic rings. The standard InChI is InChI=1S/C7H12O3/c1-5-6(9)2-3-10-7(5)4-8/h2-3,5-9H,4H2,1H3/t5-,6-,7-/m1/s1. The number of ether oxygens (including phenoxy) is 1. The Balaban J connectivity index is 2.56. The van der Waals surface area contributed by atoms with Crippen molar-refractivity contribution in [1.29, 1.82) is 0 Å². The van der Waals surface area contributed by atoms with Gasteiger partial charge >= 0.3 is 0 Å². The molecule has 1 heterocycles. The van der Waals surface area contributed by atoms with Gasteiger partial charge in [-0.3, -0.25) is 0 Å². The molecule has 0 saturated heterocycles. The second-order valence-corrected chi connectivity index (χ2v) is 2.54. The molecule has 0 radical (unpaired) electrons. The quantitative estimate of drug-likeness (QED) is 0.539. The molecule has 10 heavy (non-hydrogen) atoms. The highest BCUT2D eigenvalue weighted by Crippen LogP contribution is 2.17. The largest absolute Gasteiger partial charge is 0.495 e. The van der Waals surface area contributed by atoms with E-state index in [-0.39, 0.29) is 18.6 Å². The Kier molecular flexibility index (Phi) is 2.29. The maximum Gasteiger partial charge on any atom is 0.126 e. The molecule has 1 aliphatic heterocycles. The molecule has 0 fully saturated rings. The third-order valence-corrected chi connectivity index (χ3v) is 1.83. The van der Waals surface area contributed by atoms with Crippen LogP contribution in [0.3, 0.4) is 0 Å². The smallest absolute Gasteiger partial charge is 0.126 e. The first-order chi connectivity index (χ1) is 4.75. The highest BCUT2D eigenvalue weighted by atomic mass is 16.5. The summed E-state index contributed by atoms with van der Waals surface area (Å²) in [6, 6.07) is 0. The Morgan fingerprint density at radius 3 is 2.80 bits per heavy atom. The van der Waals surface area contributed by atoms with E-state index >= 15 is 0 Å². The van der Waals surface area contributed by atoms with E-state index in [0.717, 1.165) is 0 Å². The van der Waals surface area contributed by atoms with E-state index in [4.69, 9.17) is 9.84 Å². The first-order valence-corrected chi connectivity index (χ1v) is 3.36. The molecule has 0 unspecified atom stereocenters. The normalized spacial score (nSPS) is 39.3. The Labute approximate surface area is 59.9 Å². The average Bonchev–Trinajstić information content (AvgIpc) is 1.95. The van der Waals surface area contributed by atoms with E-state index in [2.05, 4.69) is 0 Å². The summed E-state index contributed by atoms with van der Waals surface area (Å²) in [5.74, 6) is -0.0185. The maximum atomic E-state index is 9.20. The summed E-state index contributed by atoms with van der Waals surface area (Å²) in [6.07, 6.45) is 2.29. The van der Waals surface area contributed by atoms with Gasteiger partial charge in [-0.1, -0.05) is 6.92 Å². The van der Waals surface area contributed by atoms with Gasteiger partial charge in [0, 0.05) is 5.92 Å². The summed E-state index contributed by atoms with van der Waals surface area (Å²) < 4.78 is 5.02. The molecule has 0 aliphatic carbocycles. The van der Waals surface area contributed by atoms with Crippen LogP contribution in [0.2, 0.25) is 0 Å². The van der Waals surface area contributed by atoms with E-state index in [0.29, 0.717) is 0 Å². The molecule has 0 amide bonds. The highest BCUT2D eigenvalue weighted by Gasteiger charge is 2.25. The molecule has 2 N–H and O–H groups in total. The summed E-state index contributed by atoms with van der Waals surface area (Å²) in [7, 11) is 0. The average molecular weight is 144 g/mol. The maximum absolute atomic E-state index is 9.20.